The van der Waals surface area contributed by atoms with Crippen LogP contribution in [0.4, 0.5) is 0 Å². The highest BCUT2D eigenvalue weighted by Gasteiger charge is 2.16. The first-order valence-electron chi connectivity index (χ1n) is 6.68. The van der Waals surface area contributed by atoms with Gasteiger partial charge >= 0.3 is 0 Å². The summed E-state index contributed by atoms with van der Waals surface area (Å²) in [5.41, 5.74) is 1.08. The average Bonchev–Trinajstić information content (AvgIpc) is 2.90. The van der Waals surface area contributed by atoms with E-state index in [9.17, 15) is 4.79 Å². The second-order valence-electron chi connectivity index (χ2n) is 4.93. The van der Waals surface area contributed by atoms with E-state index in [-0.39, 0.29) is 11.9 Å². The van der Waals surface area contributed by atoms with Gasteiger partial charge in [-0.15, -0.1) is 0 Å². The van der Waals surface area contributed by atoms with Gasteiger partial charge in [0.05, 0.1) is 12.6 Å². The molecule has 18 heavy (non-hydrogen) atoms. The summed E-state index contributed by atoms with van der Waals surface area (Å²) in [5, 5.41) is 6.30. The van der Waals surface area contributed by atoms with Crippen molar-refractivity contribution in [3.8, 4) is 0 Å². The number of hydrogen-bond acceptors (Lipinski definition) is 3. The molecule has 1 aromatic rings. The lowest BCUT2D eigenvalue weighted by Crippen LogP contribution is -2.39. The zero-order chi connectivity index (χ0) is 12.8. The molecule has 2 N–H and O–H groups in total. The minimum atomic E-state index is 0.0332. The second kappa shape index (κ2) is 6.50. The quantitative estimate of drug-likeness (QED) is 0.834. The van der Waals surface area contributed by atoms with Gasteiger partial charge in [0.2, 0.25) is 5.91 Å². The zero-order valence-electron chi connectivity index (χ0n) is 10.9. The molecule has 1 aliphatic carbocycles. The summed E-state index contributed by atoms with van der Waals surface area (Å²) in [6.45, 7) is 2.41. The average molecular weight is 247 g/mol. The summed E-state index contributed by atoms with van der Waals surface area (Å²) >= 11 is 0. The lowest BCUT2D eigenvalue weighted by molar-refractivity contribution is -0.121. The Labute approximate surface area is 108 Å². The van der Waals surface area contributed by atoms with Gasteiger partial charge in [0.15, 0.2) is 0 Å². The minimum Gasteiger partial charge on any atom is -0.348 e. The van der Waals surface area contributed by atoms with Crippen LogP contribution in [0.3, 0.4) is 0 Å². The minimum absolute atomic E-state index is 0.0332. The number of carbonyl (C=O) groups excluding carboxylic acids is 1. The lowest BCUT2D eigenvalue weighted by atomic mass is 10.1. The number of rotatable bonds is 5. The van der Waals surface area contributed by atoms with E-state index in [1.165, 1.54) is 25.7 Å². The molecule has 1 saturated carbocycles. The fourth-order valence-corrected chi connectivity index (χ4v) is 2.39. The van der Waals surface area contributed by atoms with Gasteiger partial charge in [-0.1, -0.05) is 12.8 Å². The van der Waals surface area contributed by atoms with Crippen LogP contribution in [-0.2, 0) is 4.79 Å². The Hall–Kier alpha value is -1.42. The fraction of sp³-hybridized carbons (Fsp3) is 0.571. The summed E-state index contributed by atoms with van der Waals surface area (Å²) in [6.07, 6.45) is 8.46. The van der Waals surface area contributed by atoms with E-state index in [1.807, 2.05) is 19.1 Å². The molecule has 1 atom stereocenters. The number of nitrogens with zero attached hydrogens (tertiary/aromatic N) is 1. The van der Waals surface area contributed by atoms with E-state index in [0.717, 1.165) is 5.56 Å². The van der Waals surface area contributed by atoms with Crippen LogP contribution in [0.25, 0.3) is 0 Å². The Bertz CT molecular complexity index is 374. The van der Waals surface area contributed by atoms with Gasteiger partial charge in [-0.05, 0) is 37.5 Å². The summed E-state index contributed by atoms with van der Waals surface area (Å²) < 4.78 is 0. The van der Waals surface area contributed by atoms with Crippen LogP contribution >= 0.6 is 0 Å². The molecule has 0 bridgehead atoms. The third kappa shape index (κ3) is 3.81. The third-order valence-electron chi connectivity index (χ3n) is 3.49. The van der Waals surface area contributed by atoms with E-state index in [1.54, 1.807) is 12.4 Å². The number of hydrogen-bond donors (Lipinski definition) is 2. The number of amides is 1. The largest absolute Gasteiger partial charge is 0.348 e. The highest BCUT2D eigenvalue weighted by Crippen LogP contribution is 2.17. The molecule has 4 heteroatoms. The smallest absolute Gasteiger partial charge is 0.234 e. The molecule has 1 aliphatic rings. The summed E-state index contributed by atoms with van der Waals surface area (Å²) in [5.74, 6) is 0.0613. The van der Waals surface area contributed by atoms with E-state index < -0.39 is 0 Å². The van der Waals surface area contributed by atoms with Gasteiger partial charge in [0, 0.05) is 18.4 Å². The predicted molar refractivity (Wildman–Crippen MR) is 71.1 cm³/mol. The van der Waals surface area contributed by atoms with Crippen LogP contribution in [0.15, 0.2) is 24.5 Å². The fourth-order valence-electron chi connectivity index (χ4n) is 2.39. The maximum absolute atomic E-state index is 11.8. The van der Waals surface area contributed by atoms with Crippen LogP contribution in [0.5, 0.6) is 0 Å². The molecule has 0 spiro atoms. The molecule has 1 heterocycles. The molecule has 2 rings (SSSR count). The summed E-state index contributed by atoms with van der Waals surface area (Å²) in [6, 6.07) is 4.42. The molecule has 1 amide bonds. The van der Waals surface area contributed by atoms with Crippen LogP contribution in [0, 0.1) is 0 Å². The molecular formula is C14H21N3O. The van der Waals surface area contributed by atoms with Crippen LogP contribution in [-0.4, -0.2) is 23.5 Å². The summed E-state index contributed by atoms with van der Waals surface area (Å²) in [4.78, 5) is 15.8. The van der Waals surface area contributed by atoms with E-state index >= 15 is 0 Å². The molecule has 0 aromatic carbocycles. The Balaban J connectivity index is 1.73. The van der Waals surface area contributed by atoms with Gasteiger partial charge in [-0.2, -0.15) is 0 Å². The molecule has 4 nitrogen and oxygen atoms in total. The van der Waals surface area contributed by atoms with Crippen molar-refractivity contribution in [1.29, 1.82) is 0 Å². The Morgan fingerprint density at radius 2 is 2.06 bits per heavy atom. The first-order valence-corrected chi connectivity index (χ1v) is 6.68. The topological polar surface area (TPSA) is 54.0 Å². The van der Waals surface area contributed by atoms with Crippen molar-refractivity contribution in [2.45, 2.75) is 44.7 Å². The maximum Gasteiger partial charge on any atom is 0.234 e. The van der Waals surface area contributed by atoms with Crippen molar-refractivity contribution in [1.82, 2.24) is 15.6 Å². The van der Waals surface area contributed by atoms with Gasteiger partial charge in [0.1, 0.15) is 0 Å². The van der Waals surface area contributed by atoms with E-state index in [0.29, 0.717) is 12.6 Å². The second-order valence-corrected chi connectivity index (χ2v) is 4.93. The SMILES string of the molecule is C[C@H](NC(=O)CNC1CCCC1)c1ccncc1. The lowest BCUT2D eigenvalue weighted by Gasteiger charge is -2.16. The highest BCUT2D eigenvalue weighted by molar-refractivity contribution is 5.78. The first-order chi connectivity index (χ1) is 8.75. The molecule has 98 valence electrons. The Kier molecular flexibility index (Phi) is 4.70. The molecule has 0 saturated heterocycles. The molecule has 1 aromatic heterocycles. The van der Waals surface area contributed by atoms with Crippen molar-refractivity contribution in [3.05, 3.63) is 30.1 Å². The van der Waals surface area contributed by atoms with E-state index in [2.05, 4.69) is 15.6 Å². The normalized spacial score (nSPS) is 17.6. The van der Waals surface area contributed by atoms with Crippen molar-refractivity contribution in [3.63, 3.8) is 0 Å². The first kappa shape index (κ1) is 13.0. The third-order valence-corrected chi connectivity index (χ3v) is 3.49. The molecule has 0 unspecified atom stereocenters. The maximum atomic E-state index is 11.8. The number of carbonyl (C=O) groups is 1. The number of pyridine rings is 1. The van der Waals surface area contributed by atoms with Crippen molar-refractivity contribution in [2.24, 2.45) is 0 Å². The molecular weight excluding hydrogens is 226 g/mol. The molecule has 0 aliphatic heterocycles. The Morgan fingerprint density at radius 1 is 1.39 bits per heavy atom. The van der Waals surface area contributed by atoms with Gasteiger partial charge < -0.3 is 10.6 Å². The number of aromatic nitrogens is 1. The summed E-state index contributed by atoms with van der Waals surface area (Å²) in [7, 11) is 0. The van der Waals surface area contributed by atoms with Crippen LogP contribution < -0.4 is 10.6 Å². The molecule has 1 fully saturated rings. The van der Waals surface area contributed by atoms with Crippen molar-refractivity contribution in [2.75, 3.05) is 6.54 Å². The van der Waals surface area contributed by atoms with Crippen LogP contribution in [0.1, 0.15) is 44.2 Å². The monoisotopic (exact) mass is 247 g/mol. The van der Waals surface area contributed by atoms with Gasteiger partial charge in [0.25, 0.3) is 0 Å². The highest BCUT2D eigenvalue weighted by atomic mass is 16.1. The standard InChI is InChI=1S/C14H21N3O/c1-11(12-6-8-15-9-7-12)17-14(18)10-16-13-4-2-3-5-13/h6-9,11,13,16H,2-5,10H2,1H3,(H,17,18)/t11-/m0/s1. The predicted octanol–water partition coefficient (Wildman–Crippen LogP) is 1.79. The number of nitrogens with one attached hydrogen (secondary N) is 2. The van der Waals surface area contributed by atoms with Crippen molar-refractivity contribution >= 4 is 5.91 Å². The van der Waals surface area contributed by atoms with Gasteiger partial charge in [-0.3, -0.25) is 9.78 Å². The molecule has 0 radical (unpaired) electrons. The Morgan fingerprint density at radius 3 is 2.72 bits per heavy atom. The van der Waals surface area contributed by atoms with Crippen LogP contribution in [0.2, 0.25) is 0 Å². The van der Waals surface area contributed by atoms with Gasteiger partial charge in [-0.25, -0.2) is 0 Å². The zero-order valence-corrected chi connectivity index (χ0v) is 10.9. The van der Waals surface area contributed by atoms with E-state index in [4.69, 9.17) is 0 Å². The van der Waals surface area contributed by atoms with Crippen molar-refractivity contribution < 1.29 is 4.79 Å².